The zero-order valence-electron chi connectivity index (χ0n) is 23.8. The largest absolute Gasteiger partial charge is 0.497 e. The Bertz CT molecular complexity index is 1320. The van der Waals surface area contributed by atoms with Gasteiger partial charge in [0, 0.05) is 19.1 Å². The van der Waals surface area contributed by atoms with Gasteiger partial charge in [-0.3, -0.25) is 14.4 Å². The molecular formula is C33H39N3O5. The minimum atomic E-state index is -1.19. The van der Waals surface area contributed by atoms with E-state index < -0.39 is 29.1 Å². The van der Waals surface area contributed by atoms with E-state index in [4.69, 9.17) is 9.47 Å². The average Bonchev–Trinajstić information content (AvgIpc) is 3.56. The zero-order valence-corrected chi connectivity index (χ0v) is 23.8. The fourth-order valence-electron chi connectivity index (χ4n) is 7.33. The predicted octanol–water partition coefficient (Wildman–Crippen LogP) is 3.54. The summed E-state index contributed by atoms with van der Waals surface area (Å²) < 4.78 is 11.9. The normalized spacial score (nSPS) is 30.3. The number of rotatable bonds is 9. The number of carbonyl (C=O) groups excluding carboxylic acids is 3. The molecule has 3 fully saturated rings. The van der Waals surface area contributed by atoms with Crippen LogP contribution in [0.2, 0.25) is 0 Å². The number of fused-ring (bicyclic) bond motifs is 1. The second-order valence-electron chi connectivity index (χ2n) is 12.0. The second-order valence-corrected chi connectivity index (χ2v) is 12.0. The molecule has 2 aromatic carbocycles. The first-order chi connectivity index (χ1) is 19.8. The highest BCUT2D eigenvalue weighted by Gasteiger charge is 2.76. The fourth-order valence-corrected chi connectivity index (χ4v) is 7.33. The summed E-state index contributed by atoms with van der Waals surface area (Å²) >= 11 is 0. The van der Waals surface area contributed by atoms with E-state index in [0.717, 1.165) is 42.6 Å². The molecule has 0 aromatic heterocycles. The van der Waals surface area contributed by atoms with Crippen LogP contribution < -0.4 is 15.4 Å². The molecule has 2 N–H and O–H groups in total. The molecule has 1 spiro atoms. The van der Waals surface area contributed by atoms with Gasteiger partial charge < -0.3 is 25.0 Å². The number of benzene rings is 2. The van der Waals surface area contributed by atoms with Crippen LogP contribution in [0.5, 0.6) is 5.75 Å². The van der Waals surface area contributed by atoms with Crippen LogP contribution in [0.4, 0.5) is 0 Å². The van der Waals surface area contributed by atoms with E-state index in [1.807, 2.05) is 73.7 Å². The van der Waals surface area contributed by atoms with Crippen molar-refractivity contribution in [2.24, 2.45) is 11.8 Å². The first-order valence-corrected chi connectivity index (χ1v) is 14.8. The van der Waals surface area contributed by atoms with Crippen LogP contribution >= 0.6 is 0 Å². The van der Waals surface area contributed by atoms with Crippen molar-refractivity contribution in [2.45, 2.75) is 75.3 Å². The lowest BCUT2D eigenvalue weighted by atomic mass is 9.70. The highest BCUT2D eigenvalue weighted by Crippen LogP contribution is 2.59. The molecule has 6 rings (SSSR count). The fraction of sp³-hybridized carbons (Fsp3) is 0.485. The van der Waals surface area contributed by atoms with Crippen molar-refractivity contribution in [3.05, 3.63) is 77.9 Å². The molecule has 3 amide bonds. The molecule has 2 saturated heterocycles. The van der Waals surface area contributed by atoms with Crippen molar-refractivity contribution in [3.8, 4) is 5.75 Å². The number of methoxy groups -OCH3 is 1. The Labute approximate surface area is 241 Å². The Kier molecular flexibility index (Phi) is 7.36. The Balaban J connectivity index is 1.28. The number of amides is 3. The van der Waals surface area contributed by atoms with Crippen LogP contribution in [0.15, 0.2) is 66.7 Å². The minimum absolute atomic E-state index is 0.117. The number of hydrogen-bond acceptors (Lipinski definition) is 5. The van der Waals surface area contributed by atoms with E-state index >= 15 is 0 Å². The standard InChI is InChI=1S/C33H39N3O5/c1-32-18-19-33(41-32)27(26(32)29(37)35-24-11-7-4-8-12-24)31(39)36(20-17-22-13-15-25(40-2)16-14-22)28(33)30(38)34-21-23-9-5-3-6-10-23/h3,5-6,9-10,13-16,18-19,24,26-28H,4,7-8,11-12,17,20-21H2,1-2H3,(H,34,38)(H,35,37)/t26-,27+,28-,32-,33+/m1/s1. The van der Waals surface area contributed by atoms with E-state index in [2.05, 4.69) is 10.6 Å². The highest BCUT2D eigenvalue weighted by atomic mass is 16.5. The predicted molar refractivity (Wildman–Crippen MR) is 154 cm³/mol. The molecule has 216 valence electrons. The third-order valence-corrected chi connectivity index (χ3v) is 9.39. The topological polar surface area (TPSA) is 97.0 Å². The number of ether oxygens (including phenoxy) is 2. The summed E-state index contributed by atoms with van der Waals surface area (Å²) in [6.07, 6.45) is 9.61. The van der Waals surface area contributed by atoms with Gasteiger partial charge in [0.1, 0.15) is 17.4 Å². The van der Waals surface area contributed by atoms with Crippen LogP contribution in [-0.4, -0.2) is 59.6 Å². The summed E-state index contributed by atoms with van der Waals surface area (Å²) in [6.45, 7) is 2.54. The highest BCUT2D eigenvalue weighted by molar-refractivity contribution is 6.00. The number of nitrogens with one attached hydrogen (secondary N) is 2. The van der Waals surface area contributed by atoms with Crippen molar-refractivity contribution in [1.29, 1.82) is 0 Å². The average molecular weight is 558 g/mol. The van der Waals surface area contributed by atoms with Gasteiger partial charge in [0.25, 0.3) is 0 Å². The van der Waals surface area contributed by atoms with Crippen LogP contribution in [0, 0.1) is 11.8 Å². The molecule has 41 heavy (non-hydrogen) atoms. The number of carbonyl (C=O) groups is 3. The molecule has 3 heterocycles. The van der Waals surface area contributed by atoms with E-state index in [1.54, 1.807) is 12.0 Å². The zero-order chi connectivity index (χ0) is 28.6. The second kappa shape index (κ2) is 11.0. The van der Waals surface area contributed by atoms with Crippen molar-refractivity contribution >= 4 is 17.7 Å². The van der Waals surface area contributed by atoms with Gasteiger partial charge in [0.2, 0.25) is 17.7 Å². The van der Waals surface area contributed by atoms with Crippen molar-refractivity contribution < 1.29 is 23.9 Å². The third kappa shape index (κ3) is 4.92. The maximum atomic E-state index is 14.3. The summed E-state index contributed by atoms with van der Waals surface area (Å²) in [6, 6.07) is 16.6. The Morgan fingerprint density at radius 3 is 2.41 bits per heavy atom. The summed E-state index contributed by atoms with van der Waals surface area (Å²) in [4.78, 5) is 43.7. The van der Waals surface area contributed by atoms with Crippen LogP contribution in [0.25, 0.3) is 0 Å². The quantitative estimate of drug-likeness (QED) is 0.460. The Morgan fingerprint density at radius 2 is 1.71 bits per heavy atom. The van der Waals surface area contributed by atoms with Gasteiger partial charge in [0.05, 0.1) is 24.5 Å². The van der Waals surface area contributed by atoms with Crippen LogP contribution in [0.1, 0.15) is 50.2 Å². The van der Waals surface area contributed by atoms with Gasteiger partial charge in [-0.15, -0.1) is 0 Å². The first kappa shape index (κ1) is 27.5. The molecule has 0 radical (unpaired) electrons. The lowest BCUT2D eigenvalue weighted by molar-refractivity contribution is -0.145. The van der Waals surface area contributed by atoms with Crippen LogP contribution in [0.3, 0.4) is 0 Å². The molecule has 5 atom stereocenters. The lowest BCUT2D eigenvalue weighted by Crippen LogP contribution is -2.55. The van der Waals surface area contributed by atoms with Gasteiger partial charge in [-0.05, 0) is 49.4 Å². The molecule has 8 nitrogen and oxygen atoms in total. The lowest BCUT2D eigenvalue weighted by Gasteiger charge is -2.33. The number of nitrogens with zero attached hydrogens (tertiary/aromatic N) is 1. The molecule has 1 saturated carbocycles. The molecule has 4 aliphatic rings. The minimum Gasteiger partial charge on any atom is -0.497 e. The summed E-state index contributed by atoms with van der Waals surface area (Å²) in [5.74, 6) is -1.32. The molecule has 1 aliphatic carbocycles. The van der Waals surface area contributed by atoms with Crippen molar-refractivity contribution in [1.82, 2.24) is 15.5 Å². The summed E-state index contributed by atoms with van der Waals surface area (Å²) in [5.41, 5.74) is -0.149. The smallest absolute Gasteiger partial charge is 0.246 e. The van der Waals surface area contributed by atoms with Crippen molar-refractivity contribution in [3.63, 3.8) is 0 Å². The van der Waals surface area contributed by atoms with Gasteiger partial charge >= 0.3 is 0 Å². The van der Waals surface area contributed by atoms with E-state index in [-0.39, 0.29) is 23.8 Å². The molecular weight excluding hydrogens is 518 g/mol. The number of likely N-dealkylation sites (tertiary alicyclic amines) is 1. The maximum absolute atomic E-state index is 14.3. The molecule has 2 bridgehead atoms. The number of hydrogen-bond donors (Lipinski definition) is 2. The molecule has 3 aliphatic heterocycles. The molecule has 8 heteroatoms. The van der Waals surface area contributed by atoms with E-state index in [0.29, 0.717) is 19.5 Å². The summed E-state index contributed by atoms with van der Waals surface area (Å²) in [5, 5.41) is 6.29. The summed E-state index contributed by atoms with van der Waals surface area (Å²) in [7, 11) is 1.62. The first-order valence-electron chi connectivity index (χ1n) is 14.8. The van der Waals surface area contributed by atoms with Gasteiger partial charge in [0.15, 0.2) is 0 Å². The van der Waals surface area contributed by atoms with E-state index in [9.17, 15) is 14.4 Å². The monoisotopic (exact) mass is 557 g/mol. The van der Waals surface area contributed by atoms with Gasteiger partial charge in [-0.2, -0.15) is 0 Å². The maximum Gasteiger partial charge on any atom is 0.246 e. The Morgan fingerprint density at radius 1 is 0.976 bits per heavy atom. The SMILES string of the molecule is COc1ccc(CCN2C(=O)[C@@H]3[C@H](C(=O)NC4CCCCC4)[C@@]4(C)C=C[C@@]3(O4)[C@H]2C(=O)NCc2ccccc2)cc1. The van der Waals surface area contributed by atoms with E-state index in [1.165, 1.54) is 6.42 Å². The van der Waals surface area contributed by atoms with Gasteiger partial charge in [-0.1, -0.05) is 73.9 Å². The van der Waals surface area contributed by atoms with Crippen LogP contribution in [-0.2, 0) is 32.1 Å². The van der Waals surface area contributed by atoms with Crippen molar-refractivity contribution in [2.75, 3.05) is 13.7 Å². The van der Waals surface area contributed by atoms with Gasteiger partial charge in [-0.25, -0.2) is 0 Å². The molecule has 0 unspecified atom stereocenters. The Hall–Kier alpha value is -3.65. The third-order valence-electron chi connectivity index (χ3n) is 9.39. The molecule has 2 aromatic rings.